The standard InChI is InChI=1S/C16H11F3O2/c17-16(18,19)10-14(20)12-8-4-5-9-13(12)15(21)11-6-2-1-3-7-11/h1-9H,10H2. The molecule has 0 atom stereocenters. The molecule has 0 aliphatic heterocycles. The van der Waals surface area contributed by atoms with Crippen molar-refractivity contribution in [2.75, 3.05) is 0 Å². The highest BCUT2D eigenvalue weighted by atomic mass is 19.4. The van der Waals surface area contributed by atoms with Crippen molar-refractivity contribution in [3.63, 3.8) is 0 Å². The van der Waals surface area contributed by atoms with E-state index in [0.717, 1.165) is 0 Å². The number of ketones is 2. The molecule has 108 valence electrons. The monoisotopic (exact) mass is 292 g/mol. The largest absolute Gasteiger partial charge is 0.396 e. The number of halogens is 3. The maximum atomic E-state index is 12.3. The van der Waals surface area contributed by atoms with Gasteiger partial charge in [-0.3, -0.25) is 9.59 Å². The fourth-order valence-electron chi connectivity index (χ4n) is 1.95. The molecular formula is C16H11F3O2. The van der Waals surface area contributed by atoms with Crippen molar-refractivity contribution in [1.29, 1.82) is 0 Å². The number of Topliss-reactive ketones (excluding diaryl/α,β-unsaturated/α-hetero) is 1. The average molecular weight is 292 g/mol. The Labute approximate surface area is 119 Å². The van der Waals surface area contributed by atoms with E-state index in [-0.39, 0.29) is 11.1 Å². The first kappa shape index (κ1) is 15.0. The van der Waals surface area contributed by atoms with Crippen molar-refractivity contribution in [2.45, 2.75) is 12.6 Å². The Hall–Kier alpha value is -2.43. The Morgan fingerprint density at radius 3 is 1.90 bits per heavy atom. The molecule has 0 heterocycles. The van der Waals surface area contributed by atoms with E-state index in [9.17, 15) is 22.8 Å². The van der Waals surface area contributed by atoms with Crippen LogP contribution in [0.5, 0.6) is 0 Å². The average Bonchev–Trinajstić information content (AvgIpc) is 2.45. The maximum Gasteiger partial charge on any atom is 0.396 e. The molecule has 0 radical (unpaired) electrons. The van der Waals surface area contributed by atoms with Crippen LogP contribution in [-0.2, 0) is 0 Å². The molecule has 0 N–H and O–H groups in total. The third-order valence-electron chi connectivity index (χ3n) is 2.87. The normalized spacial score (nSPS) is 11.2. The lowest BCUT2D eigenvalue weighted by molar-refractivity contribution is -0.125. The zero-order valence-electron chi connectivity index (χ0n) is 10.9. The molecule has 0 saturated carbocycles. The number of hydrogen-bond donors (Lipinski definition) is 0. The van der Waals surface area contributed by atoms with E-state index >= 15 is 0 Å². The zero-order chi connectivity index (χ0) is 15.5. The highest BCUT2D eigenvalue weighted by Crippen LogP contribution is 2.24. The van der Waals surface area contributed by atoms with Crippen molar-refractivity contribution in [2.24, 2.45) is 0 Å². The van der Waals surface area contributed by atoms with Gasteiger partial charge in [0.1, 0.15) is 6.42 Å². The maximum absolute atomic E-state index is 12.3. The lowest BCUT2D eigenvalue weighted by Gasteiger charge is -2.09. The summed E-state index contributed by atoms with van der Waals surface area (Å²) in [7, 11) is 0. The number of benzene rings is 2. The molecule has 0 bridgehead atoms. The van der Waals surface area contributed by atoms with E-state index in [1.807, 2.05) is 0 Å². The molecule has 0 fully saturated rings. The first-order chi connectivity index (χ1) is 9.88. The van der Waals surface area contributed by atoms with Crippen molar-refractivity contribution >= 4 is 11.6 Å². The van der Waals surface area contributed by atoms with Gasteiger partial charge in [-0.25, -0.2) is 0 Å². The molecule has 2 aromatic rings. The fraction of sp³-hybridized carbons (Fsp3) is 0.125. The van der Waals surface area contributed by atoms with Crippen molar-refractivity contribution in [1.82, 2.24) is 0 Å². The predicted octanol–water partition coefficient (Wildman–Crippen LogP) is 4.05. The Morgan fingerprint density at radius 1 is 0.810 bits per heavy atom. The number of alkyl halides is 3. The van der Waals surface area contributed by atoms with Gasteiger partial charge in [0.25, 0.3) is 0 Å². The number of hydrogen-bond acceptors (Lipinski definition) is 2. The van der Waals surface area contributed by atoms with Crippen LogP contribution in [0, 0.1) is 0 Å². The second kappa shape index (κ2) is 5.91. The molecule has 2 rings (SSSR count). The summed E-state index contributed by atoms with van der Waals surface area (Å²) >= 11 is 0. The smallest absolute Gasteiger partial charge is 0.294 e. The third kappa shape index (κ3) is 3.78. The second-order valence-corrected chi connectivity index (χ2v) is 4.46. The molecule has 21 heavy (non-hydrogen) atoms. The molecule has 0 aliphatic rings. The minimum absolute atomic E-state index is 0.0158. The highest BCUT2D eigenvalue weighted by Gasteiger charge is 2.32. The van der Waals surface area contributed by atoms with E-state index in [0.29, 0.717) is 5.56 Å². The van der Waals surface area contributed by atoms with Crippen LogP contribution in [0.3, 0.4) is 0 Å². The summed E-state index contributed by atoms with van der Waals surface area (Å²) < 4.78 is 37.0. The van der Waals surface area contributed by atoms with Crippen LogP contribution >= 0.6 is 0 Å². The Morgan fingerprint density at radius 2 is 1.33 bits per heavy atom. The van der Waals surface area contributed by atoms with Gasteiger partial charge in [0.05, 0.1) is 0 Å². The van der Waals surface area contributed by atoms with E-state index in [4.69, 9.17) is 0 Å². The Balaban J connectivity index is 2.38. The summed E-state index contributed by atoms with van der Waals surface area (Å²) in [6.45, 7) is 0. The molecule has 2 nitrogen and oxygen atoms in total. The van der Waals surface area contributed by atoms with Crippen molar-refractivity contribution < 1.29 is 22.8 Å². The lowest BCUT2D eigenvalue weighted by Crippen LogP contribution is -2.17. The first-order valence-corrected chi connectivity index (χ1v) is 6.17. The predicted molar refractivity (Wildman–Crippen MR) is 71.3 cm³/mol. The molecule has 0 saturated heterocycles. The summed E-state index contributed by atoms with van der Waals surface area (Å²) in [5, 5.41) is 0. The minimum Gasteiger partial charge on any atom is -0.294 e. The van der Waals surface area contributed by atoms with Gasteiger partial charge in [-0.2, -0.15) is 13.2 Å². The Kier molecular flexibility index (Phi) is 4.21. The number of carbonyl (C=O) groups excluding carboxylic acids is 2. The molecule has 0 aromatic heterocycles. The van der Waals surface area contributed by atoms with Crippen LogP contribution in [0.4, 0.5) is 13.2 Å². The summed E-state index contributed by atoms with van der Waals surface area (Å²) in [6, 6.07) is 13.7. The lowest BCUT2D eigenvalue weighted by atomic mass is 9.95. The van der Waals surface area contributed by atoms with Gasteiger partial charge in [-0.05, 0) is 0 Å². The van der Waals surface area contributed by atoms with Crippen molar-refractivity contribution in [3.8, 4) is 0 Å². The van der Waals surface area contributed by atoms with Gasteiger partial charge in [-0.1, -0.05) is 54.6 Å². The Bertz CT molecular complexity index is 661. The highest BCUT2D eigenvalue weighted by molar-refractivity contribution is 6.15. The summed E-state index contributed by atoms with van der Waals surface area (Å²) in [5.41, 5.74) is 0.103. The summed E-state index contributed by atoms with van der Waals surface area (Å²) in [5.74, 6) is -1.58. The molecule has 2 aromatic carbocycles. The summed E-state index contributed by atoms with van der Waals surface area (Å²) in [4.78, 5) is 24.0. The van der Waals surface area contributed by atoms with Crippen LogP contribution in [0.2, 0.25) is 0 Å². The van der Waals surface area contributed by atoms with Gasteiger partial charge in [0.2, 0.25) is 0 Å². The summed E-state index contributed by atoms with van der Waals surface area (Å²) in [6.07, 6.45) is -6.17. The van der Waals surface area contributed by atoms with Gasteiger partial charge < -0.3 is 0 Å². The first-order valence-electron chi connectivity index (χ1n) is 6.17. The van der Waals surface area contributed by atoms with Crippen molar-refractivity contribution in [3.05, 3.63) is 71.3 Å². The van der Waals surface area contributed by atoms with Gasteiger partial charge in [-0.15, -0.1) is 0 Å². The van der Waals surface area contributed by atoms with E-state index in [1.165, 1.54) is 24.3 Å². The van der Waals surface area contributed by atoms with Gasteiger partial charge >= 0.3 is 6.18 Å². The quantitative estimate of drug-likeness (QED) is 0.797. The van der Waals surface area contributed by atoms with Gasteiger partial charge in [0.15, 0.2) is 11.6 Å². The molecule has 0 aliphatic carbocycles. The topological polar surface area (TPSA) is 34.1 Å². The van der Waals surface area contributed by atoms with Crippen LogP contribution in [0.1, 0.15) is 32.7 Å². The molecule has 0 amide bonds. The third-order valence-corrected chi connectivity index (χ3v) is 2.87. The fourth-order valence-corrected chi connectivity index (χ4v) is 1.95. The molecular weight excluding hydrogens is 281 g/mol. The number of carbonyl (C=O) groups is 2. The van der Waals surface area contributed by atoms with Gasteiger partial charge in [0, 0.05) is 16.7 Å². The second-order valence-electron chi connectivity index (χ2n) is 4.46. The van der Waals surface area contributed by atoms with Crippen LogP contribution < -0.4 is 0 Å². The SMILES string of the molecule is O=C(CC(F)(F)F)c1ccccc1C(=O)c1ccccc1. The zero-order valence-corrected chi connectivity index (χ0v) is 10.9. The van der Waals surface area contributed by atoms with Crippen LogP contribution in [-0.4, -0.2) is 17.7 Å². The van der Waals surface area contributed by atoms with E-state index in [2.05, 4.69) is 0 Å². The van der Waals surface area contributed by atoms with Crippen LogP contribution in [0.15, 0.2) is 54.6 Å². The van der Waals surface area contributed by atoms with Crippen LogP contribution in [0.25, 0.3) is 0 Å². The minimum atomic E-state index is -4.60. The van der Waals surface area contributed by atoms with E-state index < -0.39 is 24.2 Å². The molecule has 0 unspecified atom stereocenters. The molecule has 5 heteroatoms. The van der Waals surface area contributed by atoms with E-state index in [1.54, 1.807) is 30.3 Å². The molecule has 0 spiro atoms. The number of rotatable bonds is 4.